The lowest BCUT2D eigenvalue weighted by atomic mass is 9.78. The van der Waals surface area contributed by atoms with Gasteiger partial charge in [0.1, 0.15) is 0 Å². The Labute approximate surface area is 163 Å². The number of nitrogens with two attached hydrogens (primary N) is 1. The zero-order valence-corrected chi connectivity index (χ0v) is 16.6. The zero-order valence-electron chi connectivity index (χ0n) is 16.6. The van der Waals surface area contributed by atoms with Crippen molar-refractivity contribution >= 4 is 17.1 Å². The highest BCUT2D eigenvalue weighted by molar-refractivity contribution is 6.02. The average molecular weight is 378 g/mol. The Balaban J connectivity index is 1.59. The Hall–Kier alpha value is -2.83. The minimum Gasteiger partial charge on any atom is -0.379 e. The van der Waals surface area contributed by atoms with E-state index in [2.05, 4.69) is 29.4 Å². The van der Waals surface area contributed by atoms with Crippen molar-refractivity contribution in [2.24, 2.45) is 23.6 Å². The second-order valence-corrected chi connectivity index (χ2v) is 8.99. The van der Waals surface area contributed by atoms with Gasteiger partial charge in [0.05, 0.1) is 28.7 Å². The Morgan fingerprint density at radius 3 is 2.79 bits per heavy atom. The molecule has 7 nitrogen and oxygen atoms in total. The molecule has 0 bridgehead atoms. The Kier molecular flexibility index (Phi) is 3.45. The van der Waals surface area contributed by atoms with Crippen molar-refractivity contribution in [2.75, 3.05) is 5.32 Å². The van der Waals surface area contributed by atoms with Crippen molar-refractivity contribution in [2.45, 2.75) is 45.6 Å². The molecule has 1 spiro atoms. The Morgan fingerprint density at radius 2 is 2.14 bits per heavy atom. The SMILES string of the molecule is Cn1nccc1-c1cc2c(N[C@H]3CC34CCCC4(C)C)c(C(N)=O)cnn2c1. The molecule has 1 amide bonds. The maximum atomic E-state index is 12.1. The quantitative estimate of drug-likeness (QED) is 0.729. The third-order valence-electron chi connectivity index (χ3n) is 7.19. The van der Waals surface area contributed by atoms with Crippen LogP contribution in [0.4, 0.5) is 5.69 Å². The molecule has 0 aromatic carbocycles. The molecule has 1 unspecified atom stereocenters. The summed E-state index contributed by atoms with van der Waals surface area (Å²) in [6, 6.07) is 4.38. The highest BCUT2D eigenvalue weighted by Crippen LogP contribution is 2.68. The number of amides is 1. The van der Waals surface area contributed by atoms with Crippen molar-refractivity contribution in [1.29, 1.82) is 0 Å². The van der Waals surface area contributed by atoms with Gasteiger partial charge in [-0.1, -0.05) is 20.3 Å². The third kappa shape index (κ3) is 2.31. The fourth-order valence-corrected chi connectivity index (χ4v) is 5.32. The number of anilines is 1. The molecule has 3 aromatic rings. The number of primary amides is 1. The van der Waals surface area contributed by atoms with Gasteiger partial charge in [-0.05, 0) is 42.2 Å². The van der Waals surface area contributed by atoms with Gasteiger partial charge in [-0.3, -0.25) is 9.48 Å². The van der Waals surface area contributed by atoms with Crippen LogP contribution in [-0.2, 0) is 7.05 Å². The number of nitrogens with zero attached hydrogens (tertiary/aromatic N) is 4. The van der Waals surface area contributed by atoms with Crippen LogP contribution in [0.2, 0.25) is 0 Å². The zero-order chi connectivity index (χ0) is 19.7. The monoisotopic (exact) mass is 378 g/mol. The van der Waals surface area contributed by atoms with Crippen molar-refractivity contribution in [3.63, 3.8) is 0 Å². The minimum atomic E-state index is -0.457. The molecule has 2 atom stereocenters. The summed E-state index contributed by atoms with van der Waals surface area (Å²) in [6.07, 6.45) is 10.2. The molecule has 2 saturated carbocycles. The topological polar surface area (TPSA) is 90.2 Å². The number of carbonyl (C=O) groups is 1. The van der Waals surface area contributed by atoms with Crippen LogP contribution in [0, 0.1) is 10.8 Å². The molecule has 2 fully saturated rings. The summed E-state index contributed by atoms with van der Waals surface area (Å²) < 4.78 is 3.64. The van der Waals surface area contributed by atoms with Crippen LogP contribution in [-0.4, -0.2) is 31.3 Å². The minimum absolute atomic E-state index is 0.319. The first-order chi connectivity index (χ1) is 13.3. The molecule has 3 aromatic heterocycles. The molecule has 2 aliphatic carbocycles. The second-order valence-electron chi connectivity index (χ2n) is 8.99. The number of fused-ring (bicyclic) bond motifs is 1. The van der Waals surface area contributed by atoms with Crippen LogP contribution >= 0.6 is 0 Å². The van der Waals surface area contributed by atoms with Crippen molar-refractivity contribution < 1.29 is 4.79 Å². The lowest BCUT2D eigenvalue weighted by molar-refractivity contribution is 0.100. The Bertz CT molecular complexity index is 1090. The number of hydrogen-bond donors (Lipinski definition) is 2. The lowest BCUT2D eigenvalue weighted by Gasteiger charge is -2.28. The van der Waals surface area contributed by atoms with Crippen LogP contribution in [0.25, 0.3) is 16.8 Å². The van der Waals surface area contributed by atoms with Crippen LogP contribution < -0.4 is 11.1 Å². The van der Waals surface area contributed by atoms with E-state index < -0.39 is 5.91 Å². The van der Waals surface area contributed by atoms with Crippen LogP contribution in [0.15, 0.2) is 30.7 Å². The van der Waals surface area contributed by atoms with E-state index in [9.17, 15) is 4.79 Å². The summed E-state index contributed by atoms with van der Waals surface area (Å²) in [5.41, 5.74) is 10.4. The fourth-order valence-electron chi connectivity index (χ4n) is 5.32. The van der Waals surface area contributed by atoms with Gasteiger partial charge in [0.15, 0.2) is 0 Å². The van der Waals surface area contributed by atoms with E-state index in [1.807, 2.05) is 34.6 Å². The van der Waals surface area contributed by atoms with Gasteiger partial charge >= 0.3 is 0 Å². The van der Waals surface area contributed by atoms with E-state index >= 15 is 0 Å². The van der Waals surface area contributed by atoms with E-state index in [1.165, 1.54) is 19.3 Å². The van der Waals surface area contributed by atoms with Gasteiger partial charge in [-0.2, -0.15) is 10.2 Å². The van der Waals surface area contributed by atoms with E-state index in [-0.39, 0.29) is 0 Å². The largest absolute Gasteiger partial charge is 0.379 e. The highest BCUT2D eigenvalue weighted by atomic mass is 16.1. The third-order valence-corrected chi connectivity index (χ3v) is 7.19. The summed E-state index contributed by atoms with van der Waals surface area (Å²) in [5.74, 6) is -0.457. The summed E-state index contributed by atoms with van der Waals surface area (Å²) in [4.78, 5) is 12.1. The van der Waals surface area contributed by atoms with Gasteiger partial charge < -0.3 is 11.1 Å². The summed E-state index contributed by atoms with van der Waals surface area (Å²) >= 11 is 0. The molecule has 0 saturated heterocycles. The number of carbonyl (C=O) groups excluding carboxylic acids is 1. The molecule has 7 heteroatoms. The molecule has 0 radical (unpaired) electrons. The van der Waals surface area contributed by atoms with E-state index in [0.29, 0.717) is 22.4 Å². The van der Waals surface area contributed by atoms with Crippen molar-refractivity contribution in [1.82, 2.24) is 19.4 Å². The normalized spacial score (nSPS) is 25.5. The average Bonchev–Trinajstić information content (AvgIpc) is 2.94. The summed E-state index contributed by atoms with van der Waals surface area (Å²) in [6.45, 7) is 4.74. The molecule has 3 N–H and O–H groups in total. The smallest absolute Gasteiger partial charge is 0.252 e. The van der Waals surface area contributed by atoms with E-state index in [1.54, 1.807) is 12.4 Å². The van der Waals surface area contributed by atoms with Gasteiger partial charge in [0, 0.05) is 31.0 Å². The molecular formula is C21H26N6O. The fraction of sp³-hybridized carbons (Fsp3) is 0.476. The first-order valence-corrected chi connectivity index (χ1v) is 9.88. The summed E-state index contributed by atoms with van der Waals surface area (Å²) in [5, 5.41) is 12.4. The predicted molar refractivity (Wildman–Crippen MR) is 108 cm³/mol. The van der Waals surface area contributed by atoms with Gasteiger partial charge in [0.2, 0.25) is 0 Å². The maximum absolute atomic E-state index is 12.1. The number of nitrogens with one attached hydrogen (secondary N) is 1. The molecule has 5 rings (SSSR count). The number of aromatic nitrogens is 4. The highest BCUT2D eigenvalue weighted by Gasteiger charge is 2.64. The molecule has 0 aliphatic heterocycles. The van der Waals surface area contributed by atoms with Gasteiger partial charge in [0.25, 0.3) is 5.91 Å². The predicted octanol–water partition coefficient (Wildman–Crippen LogP) is 3.21. The Morgan fingerprint density at radius 1 is 1.32 bits per heavy atom. The van der Waals surface area contributed by atoms with E-state index in [4.69, 9.17) is 5.73 Å². The van der Waals surface area contributed by atoms with Crippen molar-refractivity contribution in [3.8, 4) is 11.3 Å². The van der Waals surface area contributed by atoms with E-state index in [0.717, 1.165) is 28.9 Å². The van der Waals surface area contributed by atoms with Crippen LogP contribution in [0.5, 0.6) is 0 Å². The maximum Gasteiger partial charge on any atom is 0.252 e. The summed E-state index contributed by atoms with van der Waals surface area (Å²) in [7, 11) is 1.91. The van der Waals surface area contributed by atoms with Crippen LogP contribution in [0.1, 0.15) is 49.9 Å². The lowest BCUT2D eigenvalue weighted by Crippen LogP contribution is -2.26. The number of aryl methyl sites for hydroxylation is 1. The number of hydrogen-bond acceptors (Lipinski definition) is 4. The van der Waals surface area contributed by atoms with Crippen LogP contribution in [0.3, 0.4) is 0 Å². The number of rotatable bonds is 4. The van der Waals surface area contributed by atoms with Crippen molar-refractivity contribution in [3.05, 3.63) is 36.3 Å². The first-order valence-electron chi connectivity index (χ1n) is 9.88. The standard InChI is InChI=1S/C21H26N6O/c1-20(2)6-4-7-21(20)10-17(21)25-18-14(19(22)28)11-24-27-12-13(9-16(18)27)15-5-8-23-26(15)3/h5,8-9,11-12,17,25H,4,6-7,10H2,1-3H3,(H2,22,28)/t17-,21?/m0/s1. The second kappa shape index (κ2) is 5.59. The molecule has 28 heavy (non-hydrogen) atoms. The molecular weight excluding hydrogens is 352 g/mol. The molecule has 146 valence electrons. The van der Waals surface area contributed by atoms with Gasteiger partial charge in [-0.15, -0.1) is 0 Å². The molecule has 2 aliphatic rings. The molecule has 3 heterocycles. The van der Waals surface area contributed by atoms with Gasteiger partial charge in [-0.25, -0.2) is 4.52 Å². The first kappa shape index (κ1) is 17.3.